The Bertz CT molecular complexity index is 565. The zero-order valence-electron chi connectivity index (χ0n) is 18.4. The smallest absolute Gasteiger partial charge is 0.221 e. The summed E-state index contributed by atoms with van der Waals surface area (Å²) in [6, 6.07) is 7.82. The maximum Gasteiger partial charge on any atom is 0.221 e. The minimum atomic E-state index is -0.694. The Morgan fingerprint density at radius 3 is 2.18 bits per heavy atom. The fraction of sp³-hybridized carbons (Fsp3) is 0.708. The van der Waals surface area contributed by atoms with Crippen molar-refractivity contribution in [1.29, 1.82) is 0 Å². The molecular formula is C24H41NO3. The van der Waals surface area contributed by atoms with Crippen molar-refractivity contribution in [2.75, 3.05) is 0 Å². The fourth-order valence-electron chi connectivity index (χ4n) is 3.48. The summed E-state index contributed by atoms with van der Waals surface area (Å²) < 4.78 is 6.12. The quantitative estimate of drug-likeness (QED) is 0.411. The van der Waals surface area contributed by atoms with Gasteiger partial charge in [-0.25, -0.2) is 0 Å². The number of carbonyl (C=O) groups is 1. The van der Waals surface area contributed by atoms with Gasteiger partial charge in [-0.15, -0.1) is 0 Å². The molecule has 0 bridgehead atoms. The number of aliphatic hydroxyl groups is 1. The van der Waals surface area contributed by atoms with Gasteiger partial charge in [-0.2, -0.15) is 0 Å². The van der Waals surface area contributed by atoms with Crippen LogP contribution in [0, 0.1) is 0 Å². The molecule has 0 spiro atoms. The summed E-state index contributed by atoms with van der Waals surface area (Å²) in [6.07, 6.45) is 9.06. The number of carbonyl (C=O) groups excluding carboxylic acids is 1. The molecular weight excluding hydrogens is 350 g/mol. The van der Waals surface area contributed by atoms with Gasteiger partial charge in [0.1, 0.15) is 11.9 Å². The first-order chi connectivity index (χ1) is 13.3. The van der Waals surface area contributed by atoms with Crippen molar-refractivity contribution in [2.24, 2.45) is 5.73 Å². The van der Waals surface area contributed by atoms with Crippen LogP contribution >= 0.6 is 0 Å². The van der Waals surface area contributed by atoms with E-state index in [1.54, 1.807) is 0 Å². The van der Waals surface area contributed by atoms with Crippen LogP contribution in [0.2, 0.25) is 0 Å². The van der Waals surface area contributed by atoms with E-state index >= 15 is 0 Å². The molecule has 1 aromatic carbocycles. The Hall–Kier alpha value is -1.55. The lowest BCUT2D eigenvalue weighted by Crippen LogP contribution is -2.36. The first-order valence-electron chi connectivity index (χ1n) is 11.0. The number of unbranched alkanes of at least 4 members (excludes halogenated alkanes) is 7. The summed E-state index contributed by atoms with van der Waals surface area (Å²) >= 11 is 0. The van der Waals surface area contributed by atoms with Crippen molar-refractivity contribution < 1.29 is 14.6 Å². The van der Waals surface area contributed by atoms with E-state index in [1.165, 1.54) is 38.5 Å². The fourth-order valence-corrected chi connectivity index (χ4v) is 3.48. The molecule has 0 aliphatic rings. The van der Waals surface area contributed by atoms with Crippen molar-refractivity contribution >= 4 is 5.91 Å². The largest absolute Gasteiger partial charge is 0.487 e. The first-order valence-corrected chi connectivity index (χ1v) is 11.0. The van der Waals surface area contributed by atoms with Crippen LogP contribution < -0.4 is 10.5 Å². The minimum Gasteiger partial charge on any atom is -0.487 e. The predicted octanol–water partition coefficient (Wildman–Crippen LogP) is 5.50. The average Bonchev–Trinajstić information content (AvgIpc) is 2.62. The first kappa shape index (κ1) is 24.5. The van der Waals surface area contributed by atoms with Gasteiger partial charge >= 0.3 is 0 Å². The highest BCUT2D eigenvalue weighted by Gasteiger charge is 2.26. The molecule has 0 aliphatic carbocycles. The number of amides is 1. The maximum absolute atomic E-state index is 11.5. The van der Waals surface area contributed by atoms with Crippen molar-refractivity contribution in [3.8, 4) is 5.75 Å². The number of ether oxygens (including phenoxy) is 1. The number of aliphatic hydroxyl groups excluding tert-OH is 1. The predicted molar refractivity (Wildman–Crippen MR) is 117 cm³/mol. The number of primary amides is 1. The SMILES string of the molecule is CCCCCCCCCCC(O)C(CC(N)=O)Oc1ccccc1C(C)(C)C. The molecule has 160 valence electrons. The molecule has 28 heavy (non-hydrogen) atoms. The van der Waals surface area contributed by atoms with E-state index in [9.17, 15) is 9.90 Å². The molecule has 0 saturated carbocycles. The van der Waals surface area contributed by atoms with Crippen molar-refractivity contribution in [1.82, 2.24) is 0 Å². The van der Waals surface area contributed by atoms with Crippen LogP contribution in [-0.4, -0.2) is 23.2 Å². The third-order valence-corrected chi connectivity index (χ3v) is 5.16. The van der Waals surface area contributed by atoms with Gasteiger partial charge < -0.3 is 15.6 Å². The van der Waals surface area contributed by atoms with E-state index in [0.717, 1.165) is 24.2 Å². The molecule has 4 heteroatoms. The Labute approximate surface area is 171 Å². The maximum atomic E-state index is 11.5. The lowest BCUT2D eigenvalue weighted by molar-refractivity contribution is -0.121. The van der Waals surface area contributed by atoms with Gasteiger partial charge in [-0.05, 0) is 23.5 Å². The van der Waals surface area contributed by atoms with Crippen molar-refractivity contribution in [3.63, 3.8) is 0 Å². The summed E-state index contributed by atoms with van der Waals surface area (Å²) in [5, 5.41) is 10.7. The van der Waals surface area contributed by atoms with Crippen LogP contribution in [0.5, 0.6) is 5.75 Å². The second-order valence-electron chi connectivity index (χ2n) is 8.90. The third kappa shape index (κ3) is 9.59. The van der Waals surface area contributed by atoms with Gasteiger partial charge in [0.15, 0.2) is 0 Å². The van der Waals surface area contributed by atoms with Crippen LogP contribution in [0.25, 0.3) is 0 Å². The molecule has 0 aliphatic heterocycles. The number of nitrogens with two attached hydrogens (primary N) is 1. The molecule has 0 saturated heterocycles. The Balaban J connectivity index is 2.58. The molecule has 0 radical (unpaired) electrons. The molecule has 4 nitrogen and oxygen atoms in total. The highest BCUT2D eigenvalue weighted by Crippen LogP contribution is 2.32. The lowest BCUT2D eigenvalue weighted by Gasteiger charge is -2.28. The van der Waals surface area contributed by atoms with E-state index in [0.29, 0.717) is 6.42 Å². The molecule has 0 fully saturated rings. The lowest BCUT2D eigenvalue weighted by atomic mass is 9.86. The van der Waals surface area contributed by atoms with Gasteiger partial charge in [0.25, 0.3) is 0 Å². The molecule has 1 aromatic rings. The Morgan fingerprint density at radius 1 is 1.04 bits per heavy atom. The summed E-state index contributed by atoms with van der Waals surface area (Å²) in [5.74, 6) is 0.268. The van der Waals surface area contributed by atoms with Crippen LogP contribution in [0.3, 0.4) is 0 Å². The van der Waals surface area contributed by atoms with E-state index < -0.39 is 18.1 Å². The van der Waals surface area contributed by atoms with Gasteiger partial charge in [0.05, 0.1) is 12.5 Å². The summed E-state index contributed by atoms with van der Waals surface area (Å²) in [7, 11) is 0. The van der Waals surface area contributed by atoms with Gasteiger partial charge in [0.2, 0.25) is 5.91 Å². The van der Waals surface area contributed by atoms with Crippen LogP contribution in [0.4, 0.5) is 0 Å². The molecule has 0 aromatic heterocycles. The second kappa shape index (κ2) is 12.8. The number of para-hydroxylation sites is 1. The van der Waals surface area contributed by atoms with Crippen LogP contribution in [0.15, 0.2) is 24.3 Å². The number of hydrogen-bond donors (Lipinski definition) is 2. The number of hydrogen-bond acceptors (Lipinski definition) is 3. The monoisotopic (exact) mass is 391 g/mol. The topological polar surface area (TPSA) is 72.5 Å². The summed E-state index contributed by atoms with van der Waals surface area (Å²) in [6.45, 7) is 8.59. The normalized spacial score (nSPS) is 13.9. The molecule has 2 unspecified atom stereocenters. The molecule has 0 heterocycles. The van der Waals surface area contributed by atoms with E-state index in [-0.39, 0.29) is 11.8 Å². The third-order valence-electron chi connectivity index (χ3n) is 5.16. The van der Waals surface area contributed by atoms with Crippen molar-refractivity contribution in [3.05, 3.63) is 29.8 Å². The molecule has 2 atom stereocenters. The van der Waals surface area contributed by atoms with E-state index in [1.807, 2.05) is 24.3 Å². The number of benzene rings is 1. The summed E-state index contributed by atoms with van der Waals surface area (Å²) in [5.41, 5.74) is 6.39. The minimum absolute atomic E-state index is 0.0245. The highest BCUT2D eigenvalue weighted by molar-refractivity contribution is 5.74. The zero-order chi connectivity index (χ0) is 21.0. The van der Waals surface area contributed by atoms with Crippen molar-refractivity contribution in [2.45, 2.75) is 110 Å². The van der Waals surface area contributed by atoms with E-state index in [4.69, 9.17) is 10.5 Å². The van der Waals surface area contributed by atoms with Crippen LogP contribution in [0.1, 0.15) is 97.5 Å². The van der Waals surface area contributed by atoms with Gasteiger partial charge in [-0.1, -0.05) is 97.3 Å². The highest BCUT2D eigenvalue weighted by atomic mass is 16.5. The Morgan fingerprint density at radius 2 is 1.61 bits per heavy atom. The Kier molecular flexibility index (Phi) is 11.2. The van der Waals surface area contributed by atoms with Gasteiger partial charge in [0, 0.05) is 0 Å². The molecule has 1 rings (SSSR count). The average molecular weight is 392 g/mol. The second-order valence-corrected chi connectivity index (χ2v) is 8.90. The molecule has 1 amide bonds. The van der Waals surface area contributed by atoms with Crippen LogP contribution in [-0.2, 0) is 10.2 Å². The van der Waals surface area contributed by atoms with E-state index in [2.05, 4.69) is 27.7 Å². The zero-order valence-corrected chi connectivity index (χ0v) is 18.4. The standard InChI is InChI=1S/C24H41NO3/c1-5-6-7-8-9-10-11-12-16-20(26)22(18-23(25)27)28-21-17-14-13-15-19(21)24(2,3)4/h13-15,17,20,22,26H,5-12,16,18H2,1-4H3,(H2,25,27). The number of rotatable bonds is 14. The summed E-state index contributed by atoms with van der Waals surface area (Å²) in [4.78, 5) is 11.5. The molecule has 3 N–H and O–H groups in total. The van der Waals surface area contributed by atoms with Gasteiger partial charge in [-0.3, -0.25) is 4.79 Å².